The van der Waals surface area contributed by atoms with Crippen molar-refractivity contribution in [1.82, 2.24) is 4.90 Å². The Kier molecular flexibility index (Phi) is 5.74. The van der Waals surface area contributed by atoms with Gasteiger partial charge < -0.3 is 10.6 Å². The van der Waals surface area contributed by atoms with Crippen LogP contribution < -0.4 is 5.73 Å². The Balaban J connectivity index is 2.05. The van der Waals surface area contributed by atoms with Crippen molar-refractivity contribution in [2.45, 2.75) is 45.1 Å². The summed E-state index contributed by atoms with van der Waals surface area (Å²) in [6, 6.07) is 7.09. The van der Waals surface area contributed by atoms with Crippen molar-refractivity contribution in [2.24, 2.45) is 11.7 Å². The van der Waals surface area contributed by atoms with Gasteiger partial charge in [0.1, 0.15) is 5.82 Å². The van der Waals surface area contributed by atoms with E-state index < -0.39 is 0 Å². The molecule has 0 aromatic heterocycles. The van der Waals surface area contributed by atoms with Gasteiger partial charge in [-0.05, 0) is 30.9 Å². The molecule has 0 radical (unpaired) electrons. The van der Waals surface area contributed by atoms with E-state index in [1.165, 1.54) is 18.9 Å². The number of rotatable bonds is 6. The minimum absolute atomic E-state index is 0.112. The normalized spacial score (nSPS) is 16.9. The Bertz CT molecular complexity index is 472. The predicted octanol–water partition coefficient (Wildman–Crippen LogP) is 2.73. The van der Waals surface area contributed by atoms with Gasteiger partial charge in [-0.1, -0.05) is 38.0 Å². The molecule has 1 aliphatic carbocycles. The minimum Gasteiger partial charge on any atom is -0.339 e. The van der Waals surface area contributed by atoms with Crippen molar-refractivity contribution < 1.29 is 9.18 Å². The molecule has 1 fully saturated rings. The van der Waals surface area contributed by atoms with Gasteiger partial charge in [-0.3, -0.25) is 4.79 Å². The first kappa shape index (κ1) is 16.0. The van der Waals surface area contributed by atoms with Crippen molar-refractivity contribution >= 4 is 5.91 Å². The summed E-state index contributed by atoms with van der Waals surface area (Å²) in [7, 11) is 0. The lowest BCUT2D eigenvalue weighted by atomic mass is 10.1. The third-order valence-electron chi connectivity index (χ3n) is 4.40. The lowest BCUT2D eigenvalue weighted by Gasteiger charge is -2.31. The summed E-state index contributed by atoms with van der Waals surface area (Å²) < 4.78 is 13.7. The van der Waals surface area contributed by atoms with Crippen molar-refractivity contribution in [3.05, 3.63) is 35.6 Å². The summed E-state index contributed by atoms with van der Waals surface area (Å²) >= 11 is 0. The molecule has 116 valence electrons. The van der Waals surface area contributed by atoms with E-state index in [1.807, 2.05) is 17.9 Å². The second kappa shape index (κ2) is 7.55. The number of benzene rings is 1. The molecule has 1 aromatic rings. The first-order chi connectivity index (χ1) is 10.1. The number of amides is 1. The summed E-state index contributed by atoms with van der Waals surface area (Å²) in [4.78, 5) is 14.5. The van der Waals surface area contributed by atoms with Crippen LogP contribution in [0, 0.1) is 11.7 Å². The second-order valence-corrected chi connectivity index (χ2v) is 5.95. The van der Waals surface area contributed by atoms with Crippen LogP contribution in [0.2, 0.25) is 0 Å². The summed E-state index contributed by atoms with van der Waals surface area (Å²) in [5, 5.41) is 0. The molecule has 1 atom stereocenters. The second-order valence-electron chi connectivity index (χ2n) is 5.95. The molecule has 0 heterocycles. The highest BCUT2D eigenvalue weighted by molar-refractivity contribution is 5.79. The highest BCUT2D eigenvalue weighted by Crippen LogP contribution is 2.25. The summed E-state index contributed by atoms with van der Waals surface area (Å²) in [5.74, 6) is -0.241. The highest BCUT2D eigenvalue weighted by atomic mass is 19.1. The molecular weight excluding hydrogens is 267 g/mol. The van der Waals surface area contributed by atoms with Gasteiger partial charge in [0.25, 0.3) is 0 Å². The van der Waals surface area contributed by atoms with Gasteiger partial charge in [-0.2, -0.15) is 0 Å². The van der Waals surface area contributed by atoms with Gasteiger partial charge in [0.05, 0.1) is 0 Å². The van der Waals surface area contributed by atoms with Gasteiger partial charge in [-0.15, -0.1) is 0 Å². The molecule has 0 saturated heterocycles. The Hall–Kier alpha value is -1.42. The van der Waals surface area contributed by atoms with Crippen LogP contribution in [0.3, 0.4) is 0 Å². The molecular formula is C17H25FN2O. The first-order valence-corrected chi connectivity index (χ1v) is 7.87. The molecule has 3 nitrogen and oxygen atoms in total. The van der Waals surface area contributed by atoms with Gasteiger partial charge in [-0.25, -0.2) is 4.39 Å². The third kappa shape index (κ3) is 4.03. The van der Waals surface area contributed by atoms with E-state index in [0.29, 0.717) is 31.1 Å². The largest absolute Gasteiger partial charge is 0.339 e. The molecule has 1 aromatic carbocycles. The van der Waals surface area contributed by atoms with Gasteiger partial charge in [0.2, 0.25) is 5.91 Å². The zero-order chi connectivity index (χ0) is 15.2. The van der Waals surface area contributed by atoms with Crippen molar-refractivity contribution in [1.29, 1.82) is 0 Å². The average Bonchev–Trinajstić information content (AvgIpc) is 3.02. The van der Waals surface area contributed by atoms with Crippen molar-refractivity contribution in [3.63, 3.8) is 0 Å². The number of nitrogens with zero attached hydrogens (tertiary/aromatic N) is 1. The van der Waals surface area contributed by atoms with E-state index in [4.69, 9.17) is 5.73 Å². The monoisotopic (exact) mass is 292 g/mol. The maximum Gasteiger partial charge on any atom is 0.226 e. The number of hydrogen-bond acceptors (Lipinski definition) is 2. The average molecular weight is 292 g/mol. The van der Waals surface area contributed by atoms with Crippen LogP contribution in [0.25, 0.3) is 0 Å². The molecule has 2 N–H and O–H groups in total. The minimum atomic E-state index is -0.191. The molecule has 0 spiro atoms. The molecule has 1 amide bonds. The Labute approximate surface area is 126 Å². The van der Waals surface area contributed by atoms with E-state index >= 15 is 0 Å². The number of nitrogens with two attached hydrogens (primary N) is 1. The van der Waals surface area contributed by atoms with E-state index in [9.17, 15) is 9.18 Å². The summed E-state index contributed by atoms with van der Waals surface area (Å²) in [5.41, 5.74) is 6.31. The van der Waals surface area contributed by atoms with E-state index in [-0.39, 0.29) is 17.6 Å². The Morgan fingerprint density at radius 2 is 2.05 bits per heavy atom. The topological polar surface area (TPSA) is 46.3 Å². The summed E-state index contributed by atoms with van der Waals surface area (Å²) in [6.07, 6.45) is 5.02. The maximum absolute atomic E-state index is 13.7. The van der Waals surface area contributed by atoms with Crippen LogP contribution in [-0.4, -0.2) is 29.9 Å². The highest BCUT2D eigenvalue weighted by Gasteiger charge is 2.28. The quantitative estimate of drug-likeness (QED) is 0.876. The zero-order valence-corrected chi connectivity index (χ0v) is 12.7. The zero-order valence-electron chi connectivity index (χ0n) is 12.7. The van der Waals surface area contributed by atoms with Crippen LogP contribution in [0.1, 0.15) is 38.2 Å². The standard InChI is InChI=1S/C17H25FN2O/c1-13(12-19)17(21)20(15-7-3-4-8-15)11-10-14-6-2-5-9-16(14)18/h2,5-6,9,13,15H,3-4,7-8,10-12,19H2,1H3. The molecule has 4 heteroatoms. The van der Waals surface area contributed by atoms with E-state index in [2.05, 4.69) is 0 Å². The van der Waals surface area contributed by atoms with Crippen LogP contribution in [0.15, 0.2) is 24.3 Å². The summed E-state index contributed by atoms with van der Waals surface area (Å²) in [6.45, 7) is 2.81. The number of halogens is 1. The molecule has 1 aliphatic rings. The fraction of sp³-hybridized carbons (Fsp3) is 0.588. The van der Waals surface area contributed by atoms with Gasteiger partial charge in [0, 0.05) is 25.0 Å². The molecule has 1 unspecified atom stereocenters. The van der Waals surface area contributed by atoms with Crippen molar-refractivity contribution in [2.75, 3.05) is 13.1 Å². The predicted molar refractivity (Wildman–Crippen MR) is 82.3 cm³/mol. The lowest BCUT2D eigenvalue weighted by Crippen LogP contribution is -2.44. The van der Waals surface area contributed by atoms with Gasteiger partial charge in [0.15, 0.2) is 0 Å². The van der Waals surface area contributed by atoms with Crippen LogP contribution in [-0.2, 0) is 11.2 Å². The maximum atomic E-state index is 13.7. The Morgan fingerprint density at radius 3 is 2.67 bits per heavy atom. The molecule has 2 rings (SSSR count). The van der Waals surface area contributed by atoms with E-state index in [0.717, 1.165) is 12.8 Å². The Morgan fingerprint density at radius 1 is 1.38 bits per heavy atom. The van der Waals surface area contributed by atoms with Crippen molar-refractivity contribution in [3.8, 4) is 0 Å². The molecule has 21 heavy (non-hydrogen) atoms. The van der Waals surface area contributed by atoms with Crippen LogP contribution in [0.4, 0.5) is 4.39 Å². The van der Waals surface area contributed by atoms with Crippen LogP contribution in [0.5, 0.6) is 0 Å². The number of carbonyl (C=O) groups excluding carboxylic acids is 1. The number of carbonyl (C=O) groups is 1. The fourth-order valence-corrected chi connectivity index (χ4v) is 3.01. The molecule has 0 aliphatic heterocycles. The smallest absolute Gasteiger partial charge is 0.226 e. The number of hydrogen-bond donors (Lipinski definition) is 1. The van der Waals surface area contributed by atoms with Gasteiger partial charge >= 0.3 is 0 Å². The SMILES string of the molecule is CC(CN)C(=O)N(CCc1ccccc1F)C1CCCC1. The molecule has 1 saturated carbocycles. The van der Waals surface area contributed by atoms with E-state index in [1.54, 1.807) is 12.1 Å². The fourth-order valence-electron chi connectivity index (χ4n) is 3.01. The first-order valence-electron chi connectivity index (χ1n) is 7.87. The lowest BCUT2D eigenvalue weighted by molar-refractivity contribution is -0.137. The molecule has 0 bridgehead atoms. The van der Waals surface area contributed by atoms with Crippen LogP contribution >= 0.6 is 0 Å². The third-order valence-corrected chi connectivity index (χ3v) is 4.40.